The molecule has 0 radical (unpaired) electrons. The van der Waals surface area contributed by atoms with Gasteiger partial charge in [0.2, 0.25) is 23.6 Å². The molecule has 0 heterocycles. The first kappa shape index (κ1) is 29.7. The molecule has 1 aromatic carbocycles. The largest absolute Gasteiger partial charge is 0.508 e. The summed E-state index contributed by atoms with van der Waals surface area (Å²) in [6, 6.07) is 1.44. The second kappa shape index (κ2) is 14.8. The molecule has 0 aliphatic heterocycles. The Hall–Kier alpha value is -3.32. The maximum atomic E-state index is 13.1. The molecule has 194 valence electrons. The standard InChI is InChI=1S/C22H33N5O7S/c1-12(23)19(30)27-17(11-13-3-5-14(28)6-4-13)21(32)25-15(7-8-18(24)29)20(31)26-16(22(33)34)9-10-35-2/h3-6,12,15-17,28H,7-11,23H2,1-2H3,(H2,24,29)(H,25,32)(H,26,31)(H,27,30)(H,33,34). The van der Waals surface area contributed by atoms with Crippen LogP contribution in [0.25, 0.3) is 0 Å². The average molecular weight is 512 g/mol. The number of nitrogens with one attached hydrogen (secondary N) is 3. The average Bonchev–Trinajstić information content (AvgIpc) is 2.79. The van der Waals surface area contributed by atoms with Crippen LogP contribution < -0.4 is 27.4 Å². The van der Waals surface area contributed by atoms with E-state index in [9.17, 15) is 34.2 Å². The summed E-state index contributed by atoms with van der Waals surface area (Å²) in [4.78, 5) is 60.9. The molecule has 4 amide bonds. The summed E-state index contributed by atoms with van der Waals surface area (Å²) in [6.07, 6.45) is 1.55. The Morgan fingerprint density at radius 1 is 0.914 bits per heavy atom. The first-order valence-corrected chi connectivity index (χ1v) is 12.3. The van der Waals surface area contributed by atoms with Crippen molar-refractivity contribution in [3.8, 4) is 5.75 Å². The summed E-state index contributed by atoms with van der Waals surface area (Å²) >= 11 is 1.41. The third-order valence-electron chi connectivity index (χ3n) is 4.96. The number of carbonyl (C=O) groups excluding carboxylic acids is 4. The third-order valence-corrected chi connectivity index (χ3v) is 5.60. The number of phenolic OH excluding ortho intramolecular Hbond substituents is 1. The van der Waals surface area contributed by atoms with Crippen LogP contribution in [0.3, 0.4) is 0 Å². The molecule has 0 saturated heterocycles. The lowest BCUT2D eigenvalue weighted by atomic mass is 10.0. The maximum Gasteiger partial charge on any atom is 0.326 e. The molecular weight excluding hydrogens is 478 g/mol. The Balaban J connectivity index is 3.09. The van der Waals surface area contributed by atoms with Crippen molar-refractivity contribution in [1.29, 1.82) is 0 Å². The molecule has 0 spiro atoms. The number of rotatable bonds is 15. The molecule has 1 aromatic rings. The zero-order valence-electron chi connectivity index (χ0n) is 19.7. The number of primary amides is 1. The smallest absolute Gasteiger partial charge is 0.326 e. The molecule has 0 aromatic heterocycles. The number of carbonyl (C=O) groups is 5. The highest BCUT2D eigenvalue weighted by Gasteiger charge is 2.30. The van der Waals surface area contributed by atoms with E-state index in [4.69, 9.17) is 11.5 Å². The van der Waals surface area contributed by atoms with Gasteiger partial charge in [0, 0.05) is 12.8 Å². The molecular formula is C22H33N5O7S. The SMILES string of the molecule is CSCCC(NC(=O)C(CCC(N)=O)NC(=O)C(Cc1ccc(O)cc1)NC(=O)C(C)N)C(=O)O. The maximum absolute atomic E-state index is 13.1. The Kier molecular flexibility index (Phi) is 12.6. The number of thioether (sulfide) groups is 1. The molecule has 0 fully saturated rings. The van der Waals surface area contributed by atoms with Gasteiger partial charge in [-0.1, -0.05) is 12.1 Å². The second-order valence-electron chi connectivity index (χ2n) is 7.97. The van der Waals surface area contributed by atoms with Gasteiger partial charge in [0.25, 0.3) is 0 Å². The van der Waals surface area contributed by atoms with Gasteiger partial charge < -0.3 is 37.6 Å². The number of nitrogens with two attached hydrogens (primary N) is 2. The fraction of sp³-hybridized carbons (Fsp3) is 0.500. The quantitative estimate of drug-likeness (QED) is 0.151. The predicted octanol–water partition coefficient (Wildman–Crippen LogP) is -1.16. The number of aliphatic carboxylic acids is 1. The molecule has 0 aliphatic carbocycles. The fourth-order valence-electron chi connectivity index (χ4n) is 2.97. The number of hydrogen-bond acceptors (Lipinski definition) is 8. The number of carboxylic acids is 1. The minimum atomic E-state index is -1.28. The molecule has 4 unspecified atom stereocenters. The third kappa shape index (κ3) is 11.1. The summed E-state index contributed by atoms with van der Waals surface area (Å²) in [6.45, 7) is 1.44. The number of amides is 4. The lowest BCUT2D eigenvalue weighted by Crippen LogP contribution is -2.57. The lowest BCUT2D eigenvalue weighted by molar-refractivity contribution is -0.142. The summed E-state index contributed by atoms with van der Waals surface area (Å²) < 4.78 is 0. The lowest BCUT2D eigenvalue weighted by Gasteiger charge is -2.25. The van der Waals surface area contributed by atoms with Gasteiger partial charge in [0.15, 0.2) is 0 Å². The van der Waals surface area contributed by atoms with Crippen molar-refractivity contribution in [3.05, 3.63) is 29.8 Å². The van der Waals surface area contributed by atoms with Crippen molar-refractivity contribution in [2.75, 3.05) is 12.0 Å². The van der Waals surface area contributed by atoms with Crippen LogP contribution in [0.4, 0.5) is 0 Å². The van der Waals surface area contributed by atoms with Crippen molar-refractivity contribution in [2.24, 2.45) is 11.5 Å². The van der Waals surface area contributed by atoms with Gasteiger partial charge in [0.1, 0.15) is 23.9 Å². The Bertz CT molecular complexity index is 895. The zero-order valence-corrected chi connectivity index (χ0v) is 20.5. The van der Waals surface area contributed by atoms with E-state index < -0.39 is 53.8 Å². The molecule has 0 saturated carbocycles. The van der Waals surface area contributed by atoms with Crippen molar-refractivity contribution in [2.45, 2.75) is 56.8 Å². The van der Waals surface area contributed by atoms with Crippen molar-refractivity contribution in [3.63, 3.8) is 0 Å². The van der Waals surface area contributed by atoms with E-state index in [-0.39, 0.29) is 31.4 Å². The van der Waals surface area contributed by atoms with Crippen LogP contribution in [0.2, 0.25) is 0 Å². The Morgan fingerprint density at radius 3 is 1.97 bits per heavy atom. The monoisotopic (exact) mass is 511 g/mol. The number of phenols is 1. The van der Waals surface area contributed by atoms with Crippen molar-refractivity contribution >= 4 is 41.4 Å². The Morgan fingerprint density at radius 2 is 1.46 bits per heavy atom. The molecule has 12 nitrogen and oxygen atoms in total. The topological polar surface area (TPSA) is 214 Å². The van der Waals surface area contributed by atoms with Crippen LogP contribution in [-0.4, -0.2) is 76.0 Å². The normalized spacial score (nSPS) is 14.1. The minimum Gasteiger partial charge on any atom is -0.508 e. The van der Waals surface area contributed by atoms with Gasteiger partial charge in [0.05, 0.1) is 6.04 Å². The first-order valence-electron chi connectivity index (χ1n) is 10.9. The van der Waals surface area contributed by atoms with Crippen molar-refractivity contribution < 1.29 is 34.2 Å². The highest BCUT2D eigenvalue weighted by atomic mass is 32.2. The van der Waals surface area contributed by atoms with Gasteiger partial charge in [-0.15, -0.1) is 0 Å². The summed E-state index contributed by atoms with van der Waals surface area (Å²) in [5.41, 5.74) is 11.4. The van der Waals surface area contributed by atoms with Crippen LogP contribution in [-0.2, 0) is 30.4 Å². The van der Waals surface area contributed by atoms with Crippen LogP contribution in [0.1, 0.15) is 31.7 Å². The van der Waals surface area contributed by atoms with E-state index in [0.717, 1.165) is 0 Å². The van der Waals surface area contributed by atoms with Crippen LogP contribution in [0, 0.1) is 0 Å². The van der Waals surface area contributed by atoms with E-state index in [1.54, 1.807) is 18.4 Å². The summed E-state index contributed by atoms with van der Waals surface area (Å²) in [5.74, 6) is -3.59. The van der Waals surface area contributed by atoms with Gasteiger partial charge >= 0.3 is 5.97 Å². The highest BCUT2D eigenvalue weighted by Crippen LogP contribution is 2.12. The number of benzene rings is 1. The van der Waals surface area contributed by atoms with Crippen LogP contribution >= 0.6 is 11.8 Å². The van der Waals surface area contributed by atoms with E-state index in [1.165, 1.54) is 30.8 Å². The molecule has 9 N–H and O–H groups in total. The molecule has 13 heteroatoms. The minimum absolute atomic E-state index is 0.0141. The number of carboxylic acid groups (broad SMARTS) is 1. The van der Waals surface area contributed by atoms with Crippen molar-refractivity contribution in [1.82, 2.24) is 16.0 Å². The Labute approximate surface area is 207 Å². The number of aromatic hydroxyl groups is 1. The second-order valence-corrected chi connectivity index (χ2v) is 8.95. The first-order chi connectivity index (χ1) is 16.4. The summed E-state index contributed by atoms with van der Waals surface area (Å²) in [7, 11) is 0. The van der Waals surface area contributed by atoms with E-state index in [1.807, 2.05) is 0 Å². The molecule has 1 rings (SSSR count). The van der Waals surface area contributed by atoms with E-state index >= 15 is 0 Å². The van der Waals surface area contributed by atoms with Crippen LogP contribution in [0.15, 0.2) is 24.3 Å². The molecule has 35 heavy (non-hydrogen) atoms. The zero-order chi connectivity index (χ0) is 26.5. The number of hydrogen-bond donors (Lipinski definition) is 7. The highest BCUT2D eigenvalue weighted by molar-refractivity contribution is 7.98. The van der Waals surface area contributed by atoms with Gasteiger partial charge in [-0.2, -0.15) is 11.8 Å². The van der Waals surface area contributed by atoms with Gasteiger partial charge in [-0.05, 0) is 49.5 Å². The fourth-order valence-corrected chi connectivity index (χ4v) is 3.44. The predicted molar refractivity (Wildman–Crippen MR) is 130 cm³/mol. The molecule has 0 aliphatic rings. The van der Waals surface area contributed by atoms with Gasteiger partial charge in [-0.3, -0.25) is 19.2 Å². The molecule has 0 bridgehead atoms. The van der Waals surface area contributed by atoms with E-state index in [2.05, 4.69) is 16.0 Å². The molecule has 4 atom stereocenters. The van der Waals surface area contributed by atoms with Gasteiger partial charge in [-0.25, -0.2) is 4.79 Å². The van der Waals surface area contributed by atoms with E-state index in [0.29, 0.717) is 11.3 Å². The summed E-state index contributed by atoms with van der Waals surface area (Å²) in [5, 5.41) is 26.3. The van der Waals surface area contributed by atoms with Crippen LogP contribution in [0.5, 0.6) is 5.75 Å².